The van der Waals surface area contributed by atoms with Crippen LogP contribution < -0.4 is 10.6 Å². The average Bonchev–Trinajstić information content (AvgIpc) is 2.61. The second kappa shape index (κ2) is 9.77. The van der Waals surface area contributed by atoms with Gasteiger partial charge in [-0.15, -0.1) is 0 Å². The molecule has 134 valence electrons. The fourth-order valence-electron chi connectivity index (χ4n) is 3.62. The van der Waals surface area contributed by atoms with Crippen molar-refractivity contribution < 1.29 is 4.74 Å². The molecule has 23 heavy (non-hydrogen) atoms. The summed E-state index contributed by atoms with van der Waals surface area (Å²) in [6, 6.07) is 0.593. The Balaban J connectivity index is 1.89. The van der Waals surface area contributed by atoms with E-state index < -0.39 is 0 Å². The molecule has 4 nitrogen and oxygen atoms in total. The largest absolute Gasteiger partial charge is 0.381 e. The summed E-state index contributed by atoms with van der Waals surface area (Å²) in [6.07, 6.45) is 11.1. The van der Waals surface area contributed by atoms with Crippen molar-refractivity contribution in [3.63, 3.8) is 0 Å². The number of rotatable bonds is 6. The Morgan fingerprint density at radius 1 is 1.17 bits per heavy atom. The molecule has 0 spiro atoms. The van der Waals surface area contributed by atoms with Gasteiger partial charge in [-0.1, -0.05) is 13.3 Å². The molecule has 0 radical (unpaired) electrons. The number of hydrogen-bond acceptors (Lipinski definition) is 3. The summed E-state index contributed by atoms with van der Waals surface area (Å²) in [5.74, 6) is 1.95. The van der Waals surface area contributed by atoms with E-state index in [1.165, 1.54) is 32.1 Å². The third kappa shape index (κ3) is 5.86. The van der Waals surface area contributed by atoms with Gasteiger partial charge in [0.1, 0.15) is 0 Å². The molecular weight excluding hydrogens is 306 g/mol. The molecule has 0 unspecified atom stereocenters. The lowest BCUT2D eigenvalue weighted by atomic mass is 9.84. The van der Waals surface area contributed by atoms with Crippen LogP contribution >= 0.6 is 11.8 Å². The maximum Gasteiger partial charge on any atom is 0.191 e. The van der Waals surface area contributed by atoms with E-state index in [0.29, 0.717) is 6.04 Å². The lowest BCUT2D eigenvalue weighted by molar-refractivity contribution is 0.0794. The van der Waals surface area contributed by atoms with Crippen LogP contribution in [0.2, 0.25) is 0 Å². The molecule has 0 aromatic heterocycles. The molecule has 0 aromatic carbocycles. The van der Waals surface area contributed by atoms with Crippen LogP contribution in [0.5, 0.6) is 0 Å². The van der Waals surface area contributed by atoms with Crippen molar-refractivity contribution in [3.05, 3.63) is 0 Å². The maximum atomic E-state index is 5.53. The van der Waals surface area contributed by atoms with E-state index in [9.17, 15) is 0 Å². The maximum absolute atomic E-state index is 5.53. The molecule has 1 aliphatic heterocycles. The number of hydrogen-bond donors (Lipinski definition) is 2. The molecular formula is C18H35N3OS. The number of aliphatic imine (C=N–C) groups is 1. The fourth-order valence-corrected chi connectivity index (χ4v) is 4.39. The number of thioether (sulfide) groups is 1. The third-order valence-electron chi connectivity index (χ3n) is 5.47. The van der Waals surface area contributed by atoms with E-state index >= 15 is 0 Å². The first-order chi connectivity index (χ1) is 11.2. The summed E-state index contributed by atoms with van der Waals surface area (Å²) in [5, 5.41) is 7.12. The standard InChI is InChI=1S/C18H35N3OS/c1-4-15-6-8-16(9-7-15)21-17(19-5-2)20-14-18(23-3)10-12-22-13-11-18/h15-16H,4-14H2,1-3H3,(H2,19,20,21). The van der Waals surface area contributed by atoms with Crippen LogP contribution in [0.3, 0.4) is 0 Å². The van der Waals surface area contributed by atoms with Crippen LogP contribution in [0.1, 0.15) is 58.8 Å². The first kappa shape index (κ1) is 18.9. The topological polar surface area (TPSA) is 45.7 Å². The van der Waals surface area contributed by atoms with E-state index in [1.807, 2.05) is 11.8 Å². The molecule has 1 heterocycles. The van der Waals surface area contributed by atoms with Gasteiger partial charge in [0, 0.05) is 30.5 Å². The van der Waals surface area contributed by atoms with Crippen molar-refractivity contribution in [2.75, 3.05) is 32.6 Å². The number of ether oxygens (including phenoxy) is 1. The Bertz CT molecular complexity index is 361. The zero-order chi connectivity index (χ0) is 16.5. The van der Waals surface area contributed by atoms with E-state index in [0.717, 1.165) is 51.0 Å². The van der Waals surface area contributed by atoms with Gasteiger partial charge in [-0.2, -0.15) is 11.8 Å². The summed E-state index contributed by atoms with van der Waals surface area (Å²) in [5.41, 5.74) is 0. The number of nitrogens with zero attached hydrogens (tertiary/aromatic N) is 1. The highest BCUT2D eigenvalue weighted by atomic mass is 32.2. The van der Waals surface area contributed by atoms with Gasteiger partial charge in [0.05, 0.1) is 6.54 Å². The second-order valence-corrected chi connectivity index (χ2v) is 8.24. The highest BCUT2D eigenvalue weighted by molar-refractivity contribution is 8.00. The minimum atomic E-state index is 0.264. The summed E-state index contributed by atoms with van der Waals surface area (Å²) in [7, 11) is 0. The van der Waals surface area contributed by atoms with Gasteiger partial charge in [0.25, 0.3) is 0 Å². The molecule has 0 amide bonds. The van der Waals surface area contributed by atoms with E-state index in [4.69, 9.17) is 9.73 Å². The Labute approximate surface area is 146 Å². The van der Waals surface area contributed by atoms with Gasteiger partial charge >= 0.3 is 0 Å². The predicted octanol–water partition coefficient (Wildman–Crippen LogP) is 3.42. The Morgan fingerprint density at radius 3 is 2.43 bits per heavy atom. The third-order valence-corrected chi connectivity index (χ3v) is 6.87. The van der Waals surface area contributed by atoms with Crippen LogP contribution in [0.4, 0.5) is 0 Å². The molecule has 1 saturated carbocycles. The molecule has 1 saturated heterocycles. The Morgan fingerprint density at radius 2 is 1.87 bits per heavy atom. The summed E-state index contributed by atoms with van der Waals surface area (Å²) in [4.78, 5) is 4.93. The van der Waals surface area contributed by atoms with Crippen molar-refractivity contribution in [3.8, 4) is 0 Å². The van der Waals surface area contributed by atoms with Crippen LogP contribution in [-0.2, 0) is 4.74 Å². The molecule has 1 aliphatic carbocycles. The Kier molecular flexibility index (Phi) is 8.04. The lowest BCUT2D eigenvalue weighted by Gasteiger charge is -2.35. The normalized spacial score (nSPS) is 28.4. The molecule has 0 aromatic rings. The van der Waals surface area contributed by atoms with Crippen LogP contribution in [-0.4, -0.2) is 49.3 Å². The van der Waals surface area contributed by atoms with Gasteiger partial charge in [-0.25, -0.2) is 0 Å². The molecule has 5 heteroatoms. The molecule has 2 aliphatic rings. The monoisotopic (exact) mass is 341 g/mol. The van der Waals surface area contributed by atoms with Gasteiger partial charge < -0.3 is 15.4 Å². The zero-order valence-electron chi connectivity index (χ0n) is 15.2. The van der Waals surface area contributed by atoms with Crippen molar-refractivity contribution in [2.45, 2.75) is 69.6 Å². The summed E-state index contributed by atoms with van der Waals surface area (Å²) >= 11 is 1.96. The first-order valence-electron chi connectivity index (χ1n) is 9.39. The molecule has 0 atom stereocenters. The van der Waals surface area contributed by atoms with Gasteiger partial charge in [0.2, 0.25) is 0 Å². The quantitative estimate of drug-likeness (QED) is 0.574. The zero-order valence-corrected chi connectivity index (χ0v) is 16.0. The predicted molar refractivity (Wildman–Crippen MR) is 101 cm³/mol. The van der Waals surface area contributed by atoms with E-state index in [2.05, 4.69) is 30.7 Å². The van der Waals surface area contributed by atoms with Crippen LogP contribution in [0.25, 0.3) is 0 Å². The fraction of sp³-hybridized carbons (Fsp3) is 0.944. The van der Waals surface area contributed by atoms with Crippen molar-refractivity contribution in [1.82, 2.24) is 10.6 Å². The second-order valence-electron chi connectivity index (χ2n) is 6.96. The van der Waals surface area contributed by atoms with E-state index in [1.54, 1.807) is 0 Å². The molecule has 2 fully saturated rings. The molecule has 2 rings (SSSR count). The highest BCUT2D eigenvalue weighted by Gasteiger charge is 2.31. The van der Waals surface area contributed by atoms with Gasteiger partial charge in [0.15, 0.2) is 5.96 Å². The number of guanidine groups is 1. The first-order valence-corrected chi connectivity index (χ1v) is 10.6. The van der Waals surface area contributed by atoms with Crippen molar-refractivity contribution >= 4 is 17.7 Å². The lowest BCUT2D eigenvalue weighted by Crippen LogP contribution is -2.46. The van der Waals surface area contributed by atoms with Crippen LogP contribution in [0.15, 0.2) is 4.99 Å². The molecule has 0 bridgehead atoms. The van der Waals surface area contributed by atoms with Crippen molar-refractivity contribution in [1.29, 1.82) is 0 Å². The SMILES string of the molecule is CCNC(=NCC1(SC)CCOCC1)NC1CCC(CC)CC1. The average molecular weight is 342 g/mol. The highest BCUT2D eigenvalue weighted by Crippen LogP contribution is 2.34. The van der Waals surface area contributed by atoms with Gasteiger partial charge in [-0.05, 0) is 57.6 Å². The summed E-state index contributed by atoms with van der Waals surface area (Å²) < 4.78 is 5.79. The number of nitrogens with one attached hydrogen (secondary N) is 2. The van der Waals surface area contributed by atoms with Gasteiger partial charge in [-0.3, -0.25) is 4.99 Å². The van der Waals surface area contributed by atoms with Crippen molar-refractivity contribution in [2.24, 2.45) is 10.9 Å². The summed E-state index contributed by atoms with van der Waals surface area (Å²) in [6.45, 7) is 8.02. The minimum Gasteiger partial charge on any atom is -0.381 e. The van der Waals surface area contributed by atoms with E-state index in [-0.39, 0.29) is 4.75 Å². The minimum absolute atomic E-state index is 0.264. The smallest absolute Gasteiger partial charge is 0.191 e. The molecule has 2 N–H and O–H groups in total. The Hall–Kier alpha value is -0.420. The van der Waals surface area contributed by atoms with Crippen LogP contribution in [0, 0.1) is 5.92 Å².